The fourth-order valence-corrected chi connectivity index (χ4v) is 4.10. The molecule has 178 valence electrons. The van der Waals surface area contributed by atoms with E-state index in [2.05, 4.69) is 15.5 Å². The molecule has 0 spiro atoms. The zero-order valence-electron chi connectivity index (χ0n) is 19.1. The van der Waals surface area contributed by atoms with E-state index in [1.54, 1.807) is 6.92 Å². The minimum atomic E-state index is -0.511. The predicted octanol–water partition coefficient (Wildman–Crippen LogP) is 5.18. The molecule has 1 aromatic heterocycles. The molecule has 0 aliphatic rings. The number of rotatable bonds is 9. The lowest BCUT2D eigenvalue weighted by atomic mass is 10.2. The minimum absolute atomic E-state index is 0.0400. The van der Waals surface area contributed by atoms with Gasteiger partial charge in [0.15, 0.2) is 11.0 Å². The van der Waals surface area contributed by atoms with E-state index in [4.69, 9.17) is 4.74 Å². The highest BCUT2D eigenvalue weighted by Crippen LogP contribution is 2.27. The first-order chi connectivity index (χ1) is 16.9. The molecule has 0 unspecified atom stereocenters. The van der Waals surface area contributed by atoms with Gasteiger partial charge >= 0.3 is 0 Å². The number of nitro groups is 1. The molecule has 0 aliphatic heterocycles. The monoisotopic (exact) mass is 489 g/mol. The summed E-state index contributed by atoms with van der Waals surface area (Å²) in [5.74, 6) is 1.06. The summed E-state index contributed by atoms with van der Waals surface area (Å²) in [6, 6.07) is 23.1. The van der Waals surface area contributed by atoms with Crippen LogP contribution >= 0.6 is 11.8 Å². The number of hydrogen-bond acceptors (Lipinski definition) is 7. The summed E-state index contributed by atoms with van der Waals surface area (Å²) in [4.78, 5) is 23.1. The topological polar surface area (TPSA) is 112 Å². The first-order valence-corrected chi connectivity index (χ1v) is 11.7. The van der Waals surface area contributed by atoms with Crippen LogP contribution in [0.4, 0.5) is 11.4 Å². The molecule has 1 atom stereocenters. The van der Waals surface area contributed by atoms with Crippen LogP contribution in [0.5, 0.6) is 5.75 Å². The van der Waals surface area contributed by atoms with Gasteiger partial charge in [-0.1, -0.05) is 47.7 Å². The van der Waals surface area contributed by atoms with Crippen molar-refractivity contribution < 1.29 is 14.5 Å². The highest BCUT2D eigenvalue weighted by atomic mass is 32.2. The van der Waals surface area contributed by atoms with Gasteiger partial charge in [-0.25, -0.2) is 0 Å². The third-order valence-corrected chi connectivity index (χ3v) is 6.14. The molecule has 0 saturated carbocycles. The lowest BCUT2D eigenvalue weighted by Gasteiger charge is -2.14. The number of non-ortho nitro benzene ring substituents is 1. The maximum atomic E-state index is 12.8. The van der Waals surface area contributed by atoms with Crippen molar-refractivity contribution in [3.05, 3.63) is 100 Å². The first kappa shape index (κ1) is 24.0. The van der Waals surface area contributed by atoms with Crippen molar-refractivity contribution in [3.63, 3.8) is 0 Å². The molecule has 4 aromatic rings. The van der Waals surface area contributed by atoms with E-state index in [1.807, 2.05) is 66.1 Å². The summed E-state index contributed by atoms with van der Waals surface area (Å²) >= 11 is 1.26. The van der Waals surface area contributed by atoms with Crippen LogP contribution in [0, 0.1) is 17.0 Å². The van der Waals surface area contributed by atoms with E-state index in [9.17, 15) is 14.9 Å². The molecule has 1 heterocycles. The Labute approximate surface area is 206 Å². The van der Waals surface area contributed by atoms with Crippen LogP contribution in [0.25, 0.3) is 5.69 Å². The van der Waals surface area contributed by atoms with Gasteiger partial charge in [-0.15, -0.1) is 10.2 Å². The third kappa shape index (κ3) is 6.04. The molecular weight excluding hydrogens is 466 g/mol. The number of ether oxygens (including phenoxy) is 1. The molecule has 10 heteroatoms. The third-order valence-electron chi connectivity index (χ3n) is 5.10. The number of aryl methyl sites for hydroxylation is 1. The van der Waals surface area contributed by atoms with Crippen molar-refractivity contribution in [1.82, 2.24) is 14.8 Å². The number of carbonyl (C=O) groups excluding carboxylic acids is 1. The zero-order chi connectivity index (χ0) is 24.8. The van der Waals surface area contributed by atoms with Gasteiger partial charge in [0.25, 0.3) is 5.69 Å². The number of nitrogens with zero attached hydrogens (tertiary/aromatic N) is 4. The van der Waals surface area contributed by atoms with Crippen LogP contribution in [-0.4, -0.2) is 30.8 Å². The molecule has 1 amide bonds. The molecule has 9 nitrogen and oxygen atoms in total. The summed E-state index contributed by atoms with van der Waals surface area (Å²) in [5.41, 5.74) is 2.43. The van der Waals surface area contributed by atoms with Crippen LogP contribution < -0.4 is 10.1 Å². The van der Waals surface area contributed by atoms with E-state index < -0.39 is 10.2 Å². The van der Waals surface area contributed by atoms with Crippen LogP contribution in [0.3, 0.4) is 0 Å². The fourth-order valence-electron chi connectivity index (χ4n) is 3.21. The fraction of sp³-hybridized carbons (Fsp3) is 0.160. The van der Waals surface area contributed by atoms with E-state index in [-0.39, 0.29) is 18.2 Å². The number of carbonyl (C=O) groups is 1. The van der Waals surface area contributed by atoms with Gasteiger partial charge in [0.05, 0.1) is 10.2 Å². The van der Waals surface area contributed by atoms with Crippen molar-refractivity contribution in [2.75, 3.05) is 5.32 Å². The molecule has 0 bridgehead atoms. The van der Waals surface area contributed by atoms with E-state index in [1.165, 1.54) is 36.0 Å². The van der Waals surface area contributed by atoms with Gasteiger partial charge in [-0.05, 0) is 50.2 Å². The Bertz CT molecular complexity index is 1310. The number of aromatic nitrogens is 3. The van der Waals surface area contributed by atoms with Crippen molar-refractivity contribution in [3.8, 4) is 11.4 Å². The number of nitrogens with one attached hydrogen (secondary N) is 1. The van der Waals surface area contributed by atoms with Gasteiger partial charge in [0, 0.05) is 23.5 Å². The highest BCUT2D eigenvalue weighted by molar-refractivity contribution is 8.00. The van der Waals surface area contributed by atoms with E-state index in [0.717, 1.165) is 17.0 Å². The summed E-state index contributed by atoms with van der Waals surface area (Å²) in [6.45, 7) is 3.98. The molecule has 35 heavy (non-hydrogen) atoms. The minimum Gasteiger partial charge on any atom is -0.486 e. The number of hydrogen-bond donors (Lipinski definition) is 1. The molecule has 0 saturated heterocycles. The Balaban J connectivity index is 1.50. The second kappa shape index (κ2) is 10.8. The summed E-state index contributed by atoms with van der Waals surface area (Å²) < 4.78 is 7.79. The Kier molecular flexibility index (Phi) is 7.41. The summed E-state index contributed by atoms with van der Waals surface area (Å²) in [5, 5.41) is 22.3. The van der Waals surface area contributed by atoms with Crippen LogP contribution in [-0.2, 0) is 11.4 Å². The van der Waals surface area contributed by atoms with Gasteiger partial charge in [0.1, 0.15) is 12.4 Å². The lowest BCUT2D eigenvalue weighted by Crippen LogP contribution is -2.23. The Morgan fingerprint density at radius 3 is 2.40 bits per heavy atom. The van der Waals surface area contributed by atoms with Crippen LogP contribution in [0.15, 0.2) is 84.0 Å². The number of thioether (sulfide) groups is 1. The highest BCUT2D eigenvalue weighted by Gasteiger charge is 2.22. The molecular formula is C25H23N5O4S. The molecule has 0 aliphatic carbocycles. The SMILES string of the molecule is Cc1ccc(OCc2nnc(S[C@H](C)C(=O)Nc3ccc([N+](=O)[O-])cc3)n2-c2ccccc2)cc1. The Hall–Kier alpha value is -4.18. The molecule has 3 aromatic carbocycles. The second-order valence-electron chi connectivity index (χ2n) is 7.72. The lowest BCUT2D eigenvalue weighted by molar-refractivity contribution is -0.384. The maximum Gasteiger partial charge on any atom is 0.269 e. The van der Waals surface area contributed by atoms with Crippen LogP contribution in [0.2, 0.25) is 0 Å². The van der Waals surface area contributed by atoms with Gasteiger partial charge in [-0.3, -0.25) is 19.5 Å². The number of amides is 1. The van der Waals surface area contributed by atoms with Crippen molar-refractivity contribution in [1.29, 1.82) is 0 Å². The van der Waals surface area contributed by atoms with Crippen molar-refractivity contribution >= 4 is 29.0 Å². The second-order valence-corrected chi connectivity index (χ2v) is 9.03. The summed E-state index contributed by atoms with van der Waals surface area (Å²) in [6.07, 6.45) is 0. The van der Waals surface area contributed by atoms with Gasteiger partial charge in [0.2, 0.25) is 5.91 Å². The number of nitro benzene ring substituents is 1. The largest absolute Gasteiger partial charge is 0.486 e. The molecule has 0 radical (unpaired) electrons. The molecule has 4 rings (SSSR count). The van der Waals surface area contributed by atoms with Crippen LogP contribution in [0.1, 0.15) is 18.3 Å². The van der Waals surface area contributed by atoms with Gasteiger partial charge in [-0.2, -0.15) is 0 Å². The number of anilines is 1. The van der Waals surface area contributed by atoms with Crippen molar-refractivity contribution in [2.45, 2.75) is 30.9 Å². The Morgan fingerprint density at radius 2 is 1.74 bits per heavy atom. The van der Waals surface area contributed by atoms with Crippen molar-refractivity contribution in [2.24, 2.45) is 0 Å². The quantitative estimate of drug-likeness (QED) is 0.196. The average Bonchev–Trinajstić information content (AvgIpc) is 3.26. The van der Waals surface area contributed by atoms with Gasteiger partial charge < -0.3 is 10.1 Å². The molecule has 1 N–H and O–H groups in total. The van der Waals surface area contributed by atoms with E-state index >= 15 is 0 Å². The standard InChI is InChI=1S/C25H23N5O4S/c1-17-8-14-22(15-9-17)34-16-23-27-28-25(29(23)20-6-4-3-5-7-20)35-18(2)24(31)26-19-10-12-21(13-11-19)30(32)33/h3-15,18H,16H2,1-2H3,(H,26,31)/t18-/m1/s1. The smallest absolute Gasteiger partial charge is 0.269 e. The predicted molar refractivity (Wildman–Crippen MR) is 134 cm³/mol. The first-order valence-electron chi connectivity index (χ1n) is 10.8. The maximum absolute atomic E-state index is 12.8. The summed E-state index contributed by atoms with van der Waals surface area (Å²) in [7, 11) is 0. The number of benzene rings is 3. The Morgan fingerprint density at radius 1 is 1.06 bits per heavy atom. The molecule has 0 fully saturated rings. The zero-order valence-corrected chi connectivity index (χ0v) is 19.9. The average molecular weight is 490 g/mol. The normalized spacial score (nSPS) is 11.6. The number of para-hydroxylation sites is 1. The van der Waals surface area contributed by atoms with E-state index in [0.29, 0.717) is 16.7 Å².